The van der Waals surface area contributed by atoms with E-state index in [0.29, 0.717) is 12.6 Å². The zero-order valence-electron chi connectivity index (χ0n) is 11.9. The van der Waals surface area contributed by atoms with Gasteiger partial charge in [0.25, 0.3) is 0 Å². The van der Waals surface area contributed by atoms with Crippen LogP contribution < -0.4 is 14.8 Å². The van der Waals surface area contributed by atoms with E-state index < -0.39 is 0 Å². The van der Waals surface area contributed by atoms with Gasteiger partial charge in [-0.25, -0.2) is 0 Å². The van der Waals surface area contributed by atoms with E-state index in [1.54, 1.807) is 0 Å². The van der Waals surface area contributed by atoms with Crippen molar-refractivity contribution >= 4 is 0 Å². The molecule has 0 fully saturated rings. The first-order chi connectivity index (χ1) is 8.67. The van der Waals surface area contributed by atoms with Crippen LogP contribution in [-0.4, -0.2) is 25.3 Å². The van der Waals surface area contributed by atoms with Gasteiger partial charge in [0.15, 0.2) is 11.5 Å². The van der Waals surface area contributed by atoms with Crippen LogP contribution in [0.2, 0.25) is 0 Å². The van der Waals surface area contributed by atoms with Crippen LogP contribution in [-0.2, 0) is 0 Å². The Morgan fingerprint density at radius 1 is 1.11 bits per heavy atom. The molecule has 0 heterocycles. The quantitative estimate of drug-likeness (QED) is 0.769. The van der Waals surface area contributed by atoms with Crippen molar-refractivity contribution in [2.24, 2.45) is 0 Å². The van der Waals surface area contributed by atoms with E-state index in [2.05, 4.69) is 26.1 Å². The van der Waals surface area contributed by atoms with Crippen molar-refractivity contribution in [3.8, 4) is 11.5 Å². The Hall–Kier alpha value is -1.22. The lowest BCUT2D eigenvalue weighted by Gasteiger charge is -2.20. The lowest BCUT2D eigenvalue weighted by atomic mass is 10.1. The average Bonchev–Trinajstić information content (AvgIpc) is 2.32. The normalized spacial score (nSPS) is 14.0. The van der Waals surface area contributed by atoms with Crippen LogP contribution in [0.15, 0.2) is 24.3 Å². The van der Waals surface area contributed by atoms with Gasteiger partial charge in [-0.15, -0.1) is 0 Å². The highest BCUT2D eigenvalue weighted by atomic mass is 16.5. The Morgan fingerprint density at radius 3 is 2.39 bits per heavy atom. The van der Waals surface area contributed by atoms with Gasteiger partial charge in [0.05, 0.1) is 12.7 Å². The lowest BCUT2D eigenvalue weighted by molar-refractivity contribution is 0.185. The number of rotatable bonds is 8. The number of ether oxygens (including phenoxy) is 2. The van der Waals surface area contributed by atoms with Crippen molar-refractivity contribution in [2.75, 3.05) is 13.2 Å². The van der Waals surface area contributed by atoms with Crippen LogP contribution in [0.4, 0.5) is 0 Å². The first-order valence-corrected chi connectivity index (χ1v) is 6.79. The van der Waals surface area contributed by atoms with Crippen LogP contribution in [0.1, 0.15) is 34.1 Å². The van der Waals surface area contributed by atoms with Crippen LogP contribution in [0.3, 0.4) is 0 Å². The van der Waals surface area contributed by atoms with Crippen molar-refractivity contribution in [1.29, 1.82) is 0 Å². The summed E-state index contributed by atoms with van der Waals surface area (Å²) in [6.45, 7) is 10.0. The highest BCUT2D eigenvalue weighted by Gasteiger charge is 2.11. The lowest BCUT2D eigenvalue weighted by Crippen LogP contribution is -2.30. The zero-order chi connectivity index (χ0) is 13.4. The molecule has 0 amide bonds. The van der Waals surface area contributed by atoms with Gasteiger partial charge in [0.2, 0.25) is 0 Å². The van der Waals surface area contributed by atoms with Crippen molar-refractivity contribution in [3.63, 3.8) is 0 Å². The van der Waals surface area contributed by atoms with E-state index in [1.807, 2.05) is 31.2 Å². The minimum atomic E-state index is 0.167. The molecule has 0 aliphatic heterocycles. The molecule has 2 atom stereocenters. The maximum absolute atomic E-state index is 5.95. The minimum absolute atomic E-state index is 0.167. The number of hydrogen-bond acceptors (Lipinski definition) is 3. The summed E-state index contributed by atoms with van der Waals surface area (Å²) >= 11 is 0. The van der Waals surface area contributed by atoms with Gasteiger partial charge < -0.3 is 14.8 Å². The van der Waals surface area contributed by atoms with Gasteiger partial charge >= 0.3 is 0 Å². The molecule has 0 spiro atoms. The molecule has 3 nitrogen and oxygen atoms in total. The molecular formula is C15H25NO2. The molecule has 3 heteroatoms. The number of nitrogens with one attached hydrogen (secondary N) is 1. The Kier molecular flexibility index (Phi) is 6.58. The number of hydrogen-bond donors (Lipinski definition) is 1. The van der Waals surface area contributed by atoms with Gasteiger partial charge in [0.1, 0.15) is 0 Å². The summed E-state index contributed by atoms with van der Waals surface area (Å²) in [6.07, 6.45) is 1.15. The predicted molar refractivity (Wildman–Crippen MR) is 75.5 cm³/mol. The van der Waals surface area contributed by atoms with Gasteiger partial charge in [-0.3, -0.25) is 0 Å². The molecule has 0 aliphatic rings. The number of benzene rings is 1. The summed E-state index contributed by atoms with van der Waals surface area (Å²) in [7, 11) is 0. The smallest absolute Gasteiger partial charge is 0.161 e. The maximum atomic E-state index is 5.95. The highest BCUT2D eigenvalue weighted by Crippen LogP contribution is 2.27. The second-order valence-corrected chi connectivity index (χ2v) is 4.50. The largest absolute Gasteiger partial charge is 0.490 e. The van der Waals surface area contributed by atoms with E-state index in [0.717, 1.165) is 24.5 Å². The van der Waals surface area contributed by atoms with E-state index in [-0.39, 0.29) is 6.10 Å². The van der Waals surface area contributed by atoms with E-state index in [4.69, 9.17) is 9.47 Å². The molecule has 0 radical (unpaired) electrons. The first kappa shape index (κ1) is 14.8. The summed E-state index contributed by atoms with van der Waals surface area (Å²) < 4.78 is 11.5. The molecule has 2 unspecified atom stereocenters. The molecule has 1 aromatic carbocycles. The first-order valence-electron chi connectivity index (χ1n) is 6.79. The molecule has 0 saturated heterocycles. The van der Waals surface area contributed by atoms with E-state index >= 15 is 0 Å². The Balaban J connectivity index is 2.55. The second-order valence-electron chi connectivity index (χ2n) is 4.50. The Labute approximate surface area is 110 Å². The van der Waals surface area contributed by atoms with Gasteiger partial charge in [0, 0.05) is 6.04 Å². The average molecular weight is 251 g/mol. The fourth-order valence-electron chi connectivity index (χ4n) is 2.02. The van der Waals surface area contributed by atoms with Crippen molar-refractivity contribution < 1.29 is 9.47 Å². The van der Waals surface area contributed by atoms with Gasteiger partial charge in [-0.1, -0.05) is 19.1 Å². The monoisotopic (exact) mass is 251 g/mol. The molecular weight excluding hydrogens is 226 g/mol. The zero-order valence-corrected chi connectivity index (χ0v) is 11.9. The fourth-order valence-corrected chi connectivity index (χ4v) is 2.02. The SMILES string of the molecule is CCNC(C)CC(C)Oc1ccccc1OCC. The molecule has 18 heavy (non-hydrogen) atoms. The van der Waals surface area contributed by atoms with Crippen molar-refractivity contribution in [2.45, 2.75) is 46.3 Å². The van der Waals surface area contributed by atoms with Crippen molar-refractivity contribution in [1.82, 2.24) is 5.32 Å². The second kappa shape index (κ2) is 7.98. The third-order valence-corrected chi connectivity index (χ3v) is 2.72. The van der Waals surface area contributed by atoms with E-state index in [1.165, 1.54) is 0 Å². The van der Waals surface area contributed by atoms with Gasteiger partial charge in [-0.05, 0) is 45.9 Å². The van der Waals surface area contributed by atoms with Gasteiger partial charge in [-0.2, -0.15) is 0 Å². The third kappa shape index (κ3) is 4.96. The Morgan fingerprint density at radius 2 is 1.78 bits per heavy atom. The summed E-state index contributed by atoms with van der Waals surface area (Å²) in [4.78, 5) is 0. The molecule has 0 aromatic heterocycles. The summed E-state index contributed by atoms with van der Waals surface area (Å²) in [5, 5.41) is 3.39. The molecule has 1 N–H and O–H groups in total. The van der Waals surface area contributed by atoms with Crippen LogP contribution in [0.5, 0.6) is 11.5 Å². The third-order valence-electron chi connectivity index (χ3n) is 2.72. The standard InChI is InChI=1S/C15H25NO2/c1-5-16-12(3)11-13(4)18-15-10-8-7-9-14(15)17-6-2/h7-10,12-13,16H,5-6,11H2,1-4H3. The highest BCUT2D eigenvalue weighted by molar-refractivity contribution is 5.39. The molecule has 1 aromatic rings. The molecule has 0 saturated carbocycles. The Bertz CT molecular complexity index is 341. The summed E-state index contributed by atoms with van der Waals surface area (Å²) in [5.74, 6) is 1.65. The van der Waals surface area contributed by atoms with Crippen LogP contribution >= 0.6 is 0 Å². The van der Waals surface area contributed by atoms with Crippen LogP contribution in [0.25, 0.3) is 0 Å². The van der Waals surface area contributed by atoms with Crippen molar-refractivity contribution in [3.05, 3.63) is 24.3 Å². The van der Waals surface area contributed by atoms with E-state index in [9.17, 15) is 0 Å². The molecule has 102 valence electrons. The maximum Gasteiger partial charge on any atom is 0.161 e. The minimum Gasteiger partial charge on any atom is -0.490 e. The topological polar surface area (TPSA) is 30.5 Å². The summed E-state index contributed by atoms with van der Waals surface area (Å²) in [6, 6.07) is 8.30. The summed E-state index contributed by atoms with van der Waals surface area (Å²) in [5.41, 5.74) is 0. The predicted octanol–water partition coefficient (Wildman–Crippen LogP) is 3.24. The molecule has 0 aliphatic carbocycles. The molecule has 1 rings (SSSR count). The van der Waals surface area contributed by atoms with Crippen LogP contribution in [0, 0.1) is 0 Å². The fraction of sp³-hybridized carbons (Fsp3) is 0.600. The number of para-hydroxylation sites is 2. The molecule has 0 bridgehead atoms.